The molecule has 1 fully saturated rings. The zero-order valence-corrected chi connectivity index (χ0v) is 16.9. The van der Waals surface area contributed by atoms with Crippen molar-refractivity contribution in [2.24, 2.45) is 0 Å². The molecule has 29 heavy (non-hydrogen) atoms. The van der Waals surface area contributed by atoms with E-state index in [0.717, 1.165) is 10.5 Å². The van der Waals surface area contributed by atoms with Crippen LogP contribution in [0.1, 0.15) is 22.3 Å². The van der Waals surface area contributed by atoms with Gasteiger partial charge in [-0.25, -0.2) is 10.3 Å². The Bertz CT molecular complexity index is 956. The minimum absolute atomic E-state index is 0.0912. The molecule has 2 aromatic carbocycles. The summed E-state index contributed by atoms with van der Waals surface area (Å²) in [6, 6.07) is 8.75. The van der Waals surface area contributed by atoms with Crippen molar-refractivity contribution in [1.29, 1.82) is 0 Å². The molecule has 1 unspecified atom stereocenters. The minimum atomic E-state index is -0.890. The highest BCUT2D eigenvalue weighted by Crippen LogP contribution is 2.27. The van der Waals surface area contributed by atoms with E-state index < -0.39 is 17.9 Å². The number of methoxy groups -OCH3 is 2. The van der Waals surface area contributed by atoms with E-state index in [1.165, 1.54) is 26.4 Å². The maximum atomic E-state index is 12.7. The summed E-state index contributed by atoms with van der Waals surface area (Å²) >= 11 is 6.10. The number of nitrogens with one attached hydrogen (secondary N) is 2. The number of carbonyl (C=O) groups is 3. The van der Waals surface area contributed by atoms with Crippen LogP contribution in [0.15, 0.2) is 36.4 Å². The van der Waals surface area contributed by atoms with Crippen molar-refractivity contribution >= 4 is 35.0 Å². The maximum absolute atomic E-state index is 12.7. The molecule has 0 aliphatic carbocycles. The van der Waals surface area contributed by atoms with Crippen LogP contribution in [-0.2, 0) is 9.59 Å². The molecule has 152 valence electrons. The van der Waals surface area contributed by atoms with E-state index in [-0.39, 0.29) is 17.9 Å². The van der Waals surface area contributed by atoms with Gasteiger partial charge in [0.05, 0.1) is 26.3 Å². The molecule has 1 aliphatic rings. The lowest BCUT2D eigenvalue weighted by atomic mass is 10.2. The lowest BCUT2D eigenvalue weighted by Crippen LogP contribution is -2.48. The van der Waals surface area contributed by atoms with Crippen LogP contribution in [0.25, 0.3) is 0 Å². The number of hydrogen-bond acceptors (Lipinski definition) is 6. The zero-order valence-electron chi connectivity index (χ0n) is 16.1. The average Bonchev–Trinajstić information content (AvgIpc) is 3.01. The Hall–Kier alpha value is -3.10. The number of hydrazine groups is 1. The number of amides is 3. The number of nitrogens with zero attached hydrogens (tertiary/aromatic N) is 1. The minimum Gasteiger partial charge on any atom is -0.497 e. The number of hydrogen-bond donors (Lipinski definition) is 2. The van der Waals surface area contributed by atoms with Crippen molar-refractivity contribution in [3.05, 3.63) is 52.5 Å². The number of halogens is 1. The smallest absolute Gasteiger partial charge is 0.265 e. The highest BCUT2D eigenvalue weighted by Gasteiger charge is 2.39. The van der Waals surface area contributed by atoms with Crippen LogP contribution in [-0.4, -0.2) is 38.0 Å². The van der Waals surface area contributed by atoms with Crippen LogP contribution < -0.4 is 25.2 Å². The topological polar surface area (TPSA) is 97.0 Å². The van der Waals surface area contributed by atoms with Crippen molar-refractivity contribution in [2.45, 2.75) is 19.4 Å². The third-order valence-corrected chi connectivity index (χ3v) is 4.94. The van der Waals surface area contributed by atoms with E-state index in [0.29, 0.717) is 22.2 Å². The molecule has 0 aromatic heterocycles. The second-order valence-corrected chi connectivity index (χ2v) is 6.86. The molecule has 2 N–H and O–H groups in total. The van der Waals surface area contributed by atoms with E-state index in [2.05, 4.69) is 10.9 Å². The van der Waals surface area contributed by atoms with Crippen LogP contribution >= 0.6 is 11.6 Å². The number of aryl methyl sites for hydroxylation is 1. The van der Waals surface area contributed by atoms with Crippen LogP contribution in [0.2, 0.25) is 5.02 Å². The molecule has 2 aromatic rings. The summed E-state index contributed by atoms with van der Waals surface area (Å²) in [6.07, 6.45) is -0.0912. The Morgan fingerprint density at radius 3 is 2.34 bits per heavy atom. The largest absolute Gasteiger partial charge is 0.497 e. The SMILES string of the molecule is COc1cc(OC)cc(C(=O)NNC2CC(=O)N(c3ccc(C)c(Cl)c3)C2=O)c1. The fourth-order valence-corrected chi connectivity index (χ4v) is 3.07. The highest BCUT2D eigenvalue weighted by molar-refractivity contribution is 6.32. The first-order chi connectivity index (χ1) is 13.8. The molecule has 1 heterocycles. The molecule has 0 spiro atoms. The van der Waals surface area contributed by atoms with Crippen LogP contribution in [0, 0.1) is 6.92 Å². The highest BCUT2D eigenvalue weighted by atomic mass is 35.5. The molecule has 3 rings (SSSR count). The van der Waals surface area contributed by atoms with Crippen molar-refractivity contribution in [3.8, 4) is 11.5 Å². The van der Waals surface area contributed by atoms with Gasteiger partial charge < -0.3 is 9.47 Å². The first-order valence-electron chi connectivity index (χ1n) is 8.76. The second-order valence-electron chi connectivity index (χ2n) is 6.46. The Balaban J connectivity index is 1.70. The maximum Gasteiger partial charge on any atom is 0.265 e. The first kappa shape index (κ1) is 20.6. The van der Waals surface area contributed by atoms with Crippen molar-refractivity contribution in [2.75, 3.05) is 19.1 Å². The summed E-state index contributed by atoms with van der Waals surface area (Å²) < 4.78 is 10.3. The van der Waals surface area contributed by atoms with Gasteiger partial charge in [-0.15, -0.1) is 0 Å². The van der Waals surface area contributed by atoms with Gasteiger partial charge in [-0.3, -0.25) is 19.8 Å². The van der Waals surface area contributed by atoms with Gasteiger partial charge in [0.2, 0.25) is 5.91 Å². The van der Waals surface area contributed by atoms with Crippen LogP contribution in [0.4, 0.5) is 5.69 Å². The van der Waals surface area contributed by atoms with E-state index in [1.54, 1.807) is 24.3 Å². The van der Waals surface area contributed by atoms with Crippen molar-refractivity contribution in [1.82, 2.24) is 10.9 Å². The fraction of sp³-hybridized carbons (Fsp3) is 0.250. The van der Waals surface area contributed by atoms with Gasteiger partial charge in [0.25, 0.3) is 11.8 Å². The van der Waals surface area contributed by atoms with Crippen LogP contribution in [0.3, 0.4) is 0 Å². The van der Waals surface area contributed by atoms with Crippen LogP contribution in [0.5, 0.6) is 11.5 Å². The second kappa shape index (κ2) is 8.50. The van der Waals surface area contributed by atoms with E-state index in [4.69, 9.17) is 21.1 Å². The van der Waals surface area contributed by atoms with Gasteiger partial charge in [0.15, 0.2) is 0 Å². The number of rotatable bonds is 6. The van der Waals surface area contributed by atoms with E-state index >= 15 is 0 Å². The molecule has 1 aliphatic heterocycles. The van der Waals surface area contributed by atoms with Crippen molar-refractivity contribution < 1.29 is 23.9 Å². The van der Waals surface area contributed by atoms with E-state index in [1.807, 2.05) is 6.92 Å². The Labute approximate surface area is 172 Å². The molecular formula is C20H20ClN3O5. The van der Waals surface area contributed by atoms with Gasteiger partial charge in [-0.1, -0.05) is 17.7 Å². The lowest BCUT2D eigenvalue weighted by Gasteiger charge is -2.17. The third kappa shape index (κ3) is 4.33. The molecular weight excluding hydrogens is 398 g/mol. The monoisotopic (exact) mass is 417 g/mol. The predicted molar refractivity (Wildman–Crippen MR) is 107 cm³/mol. The lowest BCUT2D eigenvalue weighted by molar-refractivity contribution is -0.121. The number of imide groups is 1. The van der Waals surface area contributed by atoms with Gasteiger partial charge >= 0.3 is 0 Å². The quantitative estimate of drug-likeness (QED) is 0.552. The molecule has 3 amide bonds. The first-order valence-corrected chi connectivity index (χ1v) is 9.13. The van der Waals surface area contributed by atoms with Gasteiger partial charge in [0, 0.05) is 16.7 Å². The summed E-state index contributed by atoms with van der Waals surface area (Å²) in [5.41, 5.74) is 6.60. The number of ether oxygens (including phenoxy) is 2. The van der Waals surface area contributed by atoms with Gasteiger partial charge in [-0.05, 0) is 36.8 Å². The summed E-state index contributed by atoms with van der Waals surface area (Å²) in [7, 11) is 2.95. The molecule has 0 bridgehead atoms. The fourth-order valence-electron chi connectivity index (χ4n) is 2.90. The number of carbonyl (C=O) groups excluding carboxylic acids is 3. The molecule has 0 radical (unpaired) electrons. The Morgan fingerprint density at radius 2 is 1.76 bits per heavy atom. The summed E-state index contributed by atoms with van der Waals surface area (Å²) in [5, 5.41) is 0.458. The third-order valence-electron chi connectivity index (χ3n) is 4.53. The molecule has 9 heteroatoms. The standard InChI is InChI=1S/C20H20ClN3O5/c1-11-4-5-13(8-16(11)21)24-18(25)10-17(20(24)27)22-23-19(26)12-6-14(28-2)9-15(7-12)29-3/h4-9,17,22H,10H2,1-3H3,(H,23,26). The van der Waals surface area contributed by atoms with Crippen molar-refractivity contribution in [3.63, 3.8) is 0 Å². The molecule has 8 nitrogen and oxygen atoms in total. The molecule has 1 atom stereocenters. The summed E-state index contributed by atoms with van der Waals surface area (Å²) in [5.74, 6) is -0.462. The Kier molecular flexibility index (Phi) is 6.05. The van der Waals surface area contributed by atoms with E-state index in [9.17, 15) is 14.4 Å². The number of anilines is 1. The molecule has 0 saturated carbocycles. The summed E-state index contributed by atoms with van der Waals surface area (Å²) in [6.45, 7) is 1.83. The van der Waals surface area contributed by atoms with Gasteiger partial charge in [-0.2, -0.15) is 0 Å². The molecule has 1 saturated heterocycles. The summed E-state index contributed by atoms with van der Waals surface area (Å²) in [4.78, 5) is 38.5. The zero-order chi connectivity index (χ0) is 21.1. The average molecular weight is 418 g/mol. The van der Waals surface area contributed by atoms with Gasteiger partial charge in [0.1, 0.15) is 17.5 Å². The Morgan fingerprint density at radius 1 is 1.10 bits per heavy atom. The normalized spacial score (nSPS) is 16.1. The number of benzene rings is 2. The predicted octanol–water partition coefficient (Wildman–Crippen LogP) is 2.23.